The number of nitrogens with one attached hydrogen (secondary N) is 2. The number of hydrogen-bond donors (Lipinski definition) is 2. The number of likely N-dealkylation sites (tertiary alicyclic amines) is 1. The van der Waals surface area contributed by atoms with Gasteiger partial charge in [0.05, 0.1) is 12.8 Å². The Balaban J connectivity index is 1.78. The Morgan fingerprint density at radius 1 is 1.36 bits per heavy atom. The molecule has 1 unspecified atom stereocenters. The lowest BCUT2D eigenvalue weighted by Gasteiger charge is -2.21. The molecule has 0 saturated carbocycles. The Bertz CT molecular complexity index is 476. The van der Waals surface area contributed by atoms with E-state index in [2.05, 4.69) is 22.5 Å². The van der Waals surface area contributed by atoms with Crippen LogP contribution >= 0.6 is 0 Å². The maximum atomic E-state index is 5.40. The molecular weight excluding hydrogens is 316 g/mol. The van der Waals surface area contributed by atoms with Crippen molar-refractivity contribution in [2.75, 3.05) is 45.9 Å². The summed E-state index contributed by atoms with van der Waals surface area (Å²) in [6.07, 6.45) is 6.10. The van der Waals surface area contributed by atoms with Crippen molar-refractivity contribution in [3.05, 3.63) is 24.2 Å². The van der Waals surface area contributed by atoms with Gasteiger partial charge in [0, 0.05) is 38.8 Å². The summed E-state index contributed by atoms with van der Waals surface area (Å²) in [6.45, 7) is 10.7. The minimum absolute atomic E-state index is 0.581. The molecule has 1 aromatic rings. The Kier molecular flexibility index (Phi) is 9.44. The highest BCUT2D eigenvalue weighted by molar-refractivity contribution is 5.79. The monoisotopic (exact) mass is 350 g/mol. The molecule has 1 aromatic heterocycles. The van der Waals surface area contributed by atoms with E-state index in [1.54, 1.807) is 6.26 Å². The summed E-state index contributed by atoms with van der Waals surface area (Å²) in [5, 5.41) is 6.85. The Hall–Kier alpha value is -1.53. The number of rotatable bonds is 11. The second-order valence-electron chi connectivity index (χ2n) is 6.35. The average Bonchev–Trinajstić information content (AvgIpc) is 3.30. The summed E-state index contributed by atoms with van der Waals surface area (Å²) in [4.78, 5) is 7.35. The predicted octanol–water partition coefficient (Wildman–Crippen LogP) is 2.27. The fourth-order valence-corrected chi connectivity index (χ4v) is 3.17. The lowest BCUT2D eigenvalue weighted by molar-refractivity contribution is 0.145. The predicted molar refractivity (Wildman–Crippen MR) is 102 cm³/mol. The third-order valence-corrected chi connectivity index (χ3v) is 4.57. The van der Waals surface area contributed by atoms with E-state index >= 15 is 0 Å². The van der Waals surface area contributed by atoms with Gasteiger partial charge in [-0.3, -0.25) is 9.89 Å². The third-order valence-electron chi connectivity index (χ3n) is 4.57. The molecule has 6 nitrogen and oxygen atoms in total. The van der Waals surface area contributed by atoms with Crippen LogP contribution in [0.15, 0.2) is 27.8 Å². The zero-order valence-corrected chi connectivity index (χ0v) is 15.8. The standard InChI is InChI=1S/C19H34N4O2/c1-3-23-13-5-8-17(23)16-22-19(20-11-7-14-24-4-2)21-12-10-18-9-6-15-25-18/h6,9,15,17H,3-5,7-8,10-14,16H2,1-2H3,(H2,20,21,22). The second kappa shape index (κ2) is 11.9. The fraction of sp³-hybridized carbons (Fsp3) is 0.737. The third kappa shape index (κ3) is 7.48. The number of aliphatic imine (C=N–C) groups is 1. The van der Waals surface area contributed by atoms with Gasteiger partial charge in [0.15, 0.2) is 5.96 Å². The summed E-state index contributed by atoms with van der Waals surface area (Å²) in [5.74, 6) is 1.89. The molecule has 2 N–H and O–H groups in total. The molecule has 142 valence electrons. The van der Waals surface area contributed by atoms with Gasteiger partial charge in [-0.1, -0.05) is 6.92 Å². The van der Waals surface area contributed by atoms with E-state index in [0.717, 1.165) is 64.0 Å². The zero-order chi connectivity index (χ0) is 17.7. The van der Waals surface area contributed by atoms with Gasteiger partial charge >= 0.3 is 0 Å². The first-order chi connectivity index (χ1) is 12.3. The molecule has 1 fully saturated rings. The largest absolute Gasteiger partial charge is 0.469 e. The van der Waals surface area contributed by atoms with Crippen molar-refractivity contribution in [1.29, 1.82) is 0 Å². The van der Waals surface area contributed by atoms with Gasteiger partial charge in [-0.15, -0.1) is 0 Å². The molecule has 0 radical (unpaired) electrons. The summed E-state index contributed by atoms with van der Waals surface area (Å²) < 4.78 is 10.8. The number of ether oxygens (including phenoxy) is 1. The number of nitrogens with zero attached hydrogens (tertiary/aromatic N) is 2. The molecule has 0 bridgehead atoms. The van der Waals surface area contributed by atoms with Crippen molar-refractivity contribution >= 4 is 5.96 Å². The van der Waals surface area contributed by atoms with Gasteiger partial charge in [0.25, 0.3) is 0 Å². The quantitative estimate of drug-likeness (QED) is 0.364. The van der Waals surface area contributed by atoms with Crippen LogP contribution in [0.2, 0.25) is 0 Å². The van der Waals surface area contributed by atoms with E-state index in [4.69, 9.17) is 14.1 Å². The van der Waals surface area contributed by atoms with Gasteiger partial charge in [0.2, 0.25) is 0 Å². The van der Waals surface area contributed by atoms with E-state index in [9.17, 15) is 0 Å². The lowest BCUT2D eigenvalue weighted by atomic mass is 10.2. The molecule has 0 aliphatic carbocycles. The SMILES string of the molecule is CCOCCCNC(=NCC1CCCN1CC)NCCc1ccco1. The summed E-state index contributed by atoms with van der Waals surface area (Å²) in [5.41, 5.74) is 0. The lowest BCUT2D eigenvalue weighted by Crippen LogP contribution is -2.40. The van der Waals surface area contributed by atoms with Crippen LogP contribution in [0.1, 0.15) is 38.9 Å². The Labute approximate surface area is 152 Å². The van der Waals surface area contributed by atoms with E-state index in [0.29, 0.717) is 6.04 Å². The maximum Gasteiger partial charge on any atom is 0.191 e. The highest BCUT2D eigenvalue weighted by Gasteiger charge is 2.22. The number of furan rings is 1. The van der Waals surface area contributed by atoms with E-state index in [1.165, 1.54) is 19.4 Å². The van der Waals surface area contributed by atoms with E-state index < -0.39 is 0 Å². The smallest absolute Gasteiger partial charge is 0.191 e. The number of hydrogen-bond acceptors (Lipinski definition) is 4. The van der Waals surface area contributed by atoms with Crippen molar-refractivity contribution < 1.29 is 9.15 Å². The van der Waals surface area contributed by atoms with Gasteiger partial charge in [-0.25, -0.2) is 0 Å². The molecule has 0 aromatic carbocycles. The molecule has 1 atom stereocenters. The van der Waals surface area contributed by atoms with Gasteiger partial charge in [-0.05, 0) is 51.4 Å². The normalized spacial score (nSPS) is 18.6. The van der Waals surface area contributed by atoms with Crippen LogP contribution in [0.3, 0.4) is 0 Å². The first-order valence-electron chi connectivity index (χ1n) is 9.69. The molecule has 1 saturated heterocycles. The van der Waals surface area contributed by atoms with Crippen LogP contribution in [0.5, 0.6) is 0 Å². The van der Waals surface area contributed by atoms with Crippen molar-refractivity contribution in [2.45, 2.75) is 45.6 Å². The van der Waals surface area contributed by atoms with Crippen molar-refractivity contribution in [2.24, 2.45) is 4.99 Å². The molecule has 6 heteroatoms. The minimum atomic E-state index is 0.581. The van der Waals surface area contributed by atoms with Crippen molar-refractivity contribution in [1.82, 2.24) is 15.5 Å². The number of likely N-dealkylation sites (N-methyl/N-ethyl adjacent to an activating group) is 1. The second-order valence-corrected chi connectivity index (χ2v) is 6.35. The maximum absolute atomic E-state index is 5.40. The first kappa shape index (κ1) is 19.8. The Morgan fingerprint density at radius 3 is 3.00 bits per heavy atom. The first-order valence-corrected chi connectivity index (χ1v) is 9.69. The molecular formula is C19H34N4O2. The van der Waals surface area contributed by atoms with Crippen LogP contribution in [0.4, 0.5) is 0 Å². The van der Waals surface area contributed by atoms with Crippen LogP contribution in [0, 0.1) is 0 Å². The van der Waals surface area contributed by atoms with Crippen molar-refractivity contribution in [3.8, 4) is 0 Å². The van der Waals surface area contributed by atoms with Gasteiger partial charge in [-0.2, -0.15) is 0 Å². The average molecular weight is 351 g/mol. The molecule has 25 heavy (non-hydrogen) atoms. The molecule has 2 rings (SSSR count). The van der Waals surface area contributed by atoms with Crippen LogP contribution in [-0.4, -0.2) is 62.8 Å². The van der Waals surface area contributed by atoms with E-state index in [1.807, 2.05) is 19.1 Å². The van der Waals surface area contributed by atoms with Crippen LogP contribution in [0.25, 0.3) is 0 Å². The summed E-state index contributed by atoms with van der Waals surface area (Å²) >= 11 is 0. The summed E-state index contributed by atoms with van der Waals surface area (Å²) in [7, 11) is 0. The molecule has 1 aliphatic heterocycles. The minimum Gasteiger partial charge on any atom is -0.469 e. The molecule has 0 spiro atoms. The van der Waals surface area contributed by atoms with Crippen molar-refractivity contribution in [3.63, 3.8) is 0 Å². The highest BCUT2D eigenvalue weighted by Crippen LogP contribution is 2.16. The molecule has 0 amide bonds. The van der Waals surface area contributed by atoms with E-state index in [-0.39, 0.29) is 0 Å². The molecule has 2 heterocycles. The van der Waals surface area contributed by atoms with Crippen LogP contribution < -0.4 is 10.6 Å². The van der Waals surface area contributed by atoms with Gasteiger partial charge in [0.1, 0.15) is 5.76 Å². The van der Waals surface area contributed by atoms with Gasteiger partial charge < -0.3 is 19.8 Å². The van der Waals surface area contributed by atoms with Crippen LogP contribution in [-0.2, 0) is 11.2 Å². The summed E-state index contributed by atoms with van der Waals surface area (Å²) in [6, 6.07) is 4.51. The number of guanidine groups is 1. The fourth-order valence-electron chi connectivity index (χ4n) is 3.17. The Morgan fingerprint density at radius 2 is 2.24 bits per heavy atom. The zero-order valence-electron chi connectivity index (χ0n) is 15.8. The topological polar surface area (TPSA) is 62.0 Å². The highest BCUT2D eigenvalue weighted by atomic mass is 16.5. The molecule has 1 aliphatic rings.